The number of hydrogen-bond acceptors (Lipinski definition) is 5. The van der Waals surface area contributed by atoms with E-state index in [1.54, 1.807) is 27.7 Å². The van der Waals surface area contributed by atoms with E-state index in [9.17, 15) is 9.59 Å². The van der Waals surface area contributed by atoms with Crippen LogP contribution in [0.15, 0.2) is 28.7 Å². The van der Waals surface area contributed by atoms with Crippen LogP contribution in [0.5, 0.6) is 0 Å². The third-order valence-corrected chi connectivity index (χ3v) is 4.64. The van der Waals surface area contributed by atoms with Crippen LogP contribution in [0.4, 0.5) is 5.69 Å². The Kier molecular flexibility index (Phi) is 7.29. The van der Waals surface area contributed by atoms with Crippen LogP contribution in [0.2, 0.25) is 0 Å². The van der Waals surface area contributed by atoms with Crippen molar-refractivity contribution in [1.29, 1.82) is 0 Å². The van der Waals surface area contributed by atoms with Gasteiger partial charge in [0, 0.05) is 15.9 Å². The average Bonchev–Trinajstić information content (AvgIpc) is 2.98. The van der Waals surface area contributed by atoms with Crippen LogP contribution in [0.1, 0.15) is 66.7 Å². The molecule has 0 saturated carbocycles. The highest BCUT2D eigenvalue weighted by atomic mass is 79.9. The van der Waals surface area contributed by atoms with Crippen molar-refractivity contribution in [3.05, 3.63) is 51.3 Å². The minimum Gasteiger partial charge on any atom is -0.462 e. The zero-order valence-corrected chi connectivity index (χ0v) is 18.5. The van der Waals surface area contributed by atoms with Crippen LogP contribution in [-0.4, -0.2) is 29.1 Å². The summed E-state index contributed by atoms with van der Waals surface area (Å²) in [7, 11) is 0. The van der Waals surface area contributed by atoms with Gasteiger partial charge in [-0.15, -0.1) is 0 Å². The van der Waals surface area contributed by atoms with Gasteiger partial charge < -0.3 is 19.8 Å². The normalized spacial score (nSPS) is 11.2. The molecule has 2 aromatic rings. The maximum Gasteiger partial charge on any atom is 0.355 e. The van der Waals surface area contributed by atoms with E-state index in [-0.39, 0.29) is 6.61 Å². The number of H-pyrrole nitrogens is 1. The van der Waals surface area contributed by atoms with Crippen LogP contribution < -0.4 is 5.32 Å². The molecule has 7 heteroatoms. The van der Waals surface area contributed by atoms with E-state index in [4.69, 9.17) is 9.47 Å². The minimum absolute atomic E-state index is 0.256. The number of rotatable bonds is 7. The molecule has 0 radical (unpaired) electrons. The molecule has 1 aromatic heterocycles. The van der Waals surface area contributed by atoms with E-state index in [1.165, 1.54) is 0 Å². The molecule has 1 aromatic carbocycles. The molecular weight excluding hydrogens is 424 g/mol. The van der Waals surface area contributed by atoms with Crippen molar-refractivity contribution in [3.8, 4) is 0 Å². The molecule has 152 valence electrons. The second-order valence-electron chi connectivity index (χ2n) is 7.24. The minimum atomic E-state index is -0.634. The Labute approximate surface area is 174 Å². The van der Waals surface area contributed by atoms with Gasteiger partial charge in [-0.05, 0) is 67.7 Å². The second-order valence-corrected chi connectivity index (χ2v) is 8.10. The van der Waals surface area contributed by atoms with Crippen LogP contribution in [0.3, 0.4) is 0 Å². The summed E-state index contributed by atoms with van der Waals surface area (Å²) in [5.41, 5.74) is 2.13. The lowest BCUT2D eigenvalue weighted by Gasteiger charge is -2.19. The lowest BCUT2D eigenvalue weighted by atomic mass is 10.1. The van der Waals surface area contributed by atoms with Crippen molar-refractivity contribution in [2.45, 2.75) is 53.2 Å². The van der Waals surface area contributed by atoms with E-state index in [2.05, 4.69) is 26.2 Å². The molecule has 0 unspecified atom stereocenters. The zero-order valence-electron chi connectivity index (χ0n) is 16.9. The largest absolute Gasteiger partial charge is 0.462 e. The number of esters is 2. The molecule has 1 heterocycles. The number of benzene rings is 1. The number of anilines is 1. The summed E-state index contributed by atoms with van der Waals surface area (Å²) in [5.74, 6) is -0.934. The Morgan fingerprint density at radius 1 is 1.14 bits per heavy atom. The summed E-state index contributed by atoms with van der Waals surface area (Å²) in [6.07, 6.45) is 0.494. The molecule has 0 aliphatic rings. The molecule has 2 N–H and O–H groups in total. The first-order valence-electron chi connectivity index (χ1n) is 9.30. The molecule has 28 heavy (non-hydrogen) atoms. The first-order chi connectivity index (χ1) is 13.2. The summed E-state index contributed by atoms with van der Waals surface area (Å²) in [4.78, 5) is 28.4. The molecule has 0 aliphatic heterocycles. The van der Waals surface area contributed by atoms with E-state index in [0.717, 1.165) is 10.2 Å². The molecule has 0 aliphatic carbocycles. The number of hydrogen-bond donors (Lipinski definition) is 2. The smallest absolute Gasteiger partial charge is 0.355 e. The standard InChI is InChI=1S/C21H27BrN2O4/c1-6-13-17(19(25)27-7-2)16(12-23-15-11-9-8-10-14(15)22)24-18(13)20(26)28-21(3,4)5/h8-11,23-24H,6-7,12H2,1-5H3. The van der Waals surface area contributed by atoms with E-state index >= 15 is 0 Å². The first-order valence-corrected chi connectivity index (χ1v) is 10.1. The van der Waals surface area contributed by atoms with Gasteiger partial charge in [0.2, 0.25) is 0 Å². The van der Waals surface area contributed by atoms with Crippen molar-refractivity contribution in [1.82, 2.24) is 4.98 Å². The average molecular weight is 451 g/mol. The summed E-state index contributed by atoms with van der Waals surface area (Å²) >= 11 is 3.49. The summed E-state index contributed by atoms with van der Waals surface area (Å²) in [6.45, 7) is 9.65. The SMILES string of the molecule is CCOC(=O)c1c(CNc2ccccc2Br)[nH]c(C(=O)OC(C)(C)C)c1CC. The second kappa shape index (κ2) is 9.28. The molecular formula is C21H27BrN2O4. The van der Waals surface area contributed by atoms with Crippen LogP contribution in [0.25, 0.3) is 0 Å². The Bertz CT molecular complexity index is 853. The zero-order chi connectivity index (χ0) is 20.9. The van der Waals surface area contributed by atoms with Gasteiger partial charge in [-0.2, -0.15) is 0 Å². The van der Waals surface area contributed by atoms with E-state index < -0.39 is 17.5 Å². The van der Waals surface area contributed by atoms with Gasteiger partial charge in [0.05, 0.1) is 18.7 Å². The lowest BCUT2D eigenvalue weighted by Crippen LogP contribution is -2.24. The molecule has 0 saturated heterocycles. The van der Waals surface area contributed by atoms with Gasteiger partial charge in [-0.1, -0.05) is 19.1 Å². The predicted molar refractivity (Wildman–Crippen MR) is 113 cm³/mol. The third kappa shape index (κ3) is 5.38. The number of aromatic nitrogens is 1. The number of carbonyl (C=O) groups is 2. The van der Waals surface area contributed by atoms with Crippen molar-refractivity contribution in [2.75, 3.05) is 11.9 Å². The molecule has 0 atom stereocenters. The molecule has 0 amide bonds. The topological polar surface area (TPSA) is 80.4 Å². The maximum atomic E-state index is 12.7. The highest BCUT2D eigenvalue weighted by molar-refractivity contribution is 9.10. The van der Waals surface area contributed by atoms with E-state index in [0.29, 0.717) is 35.5 Å². The van der Waals surface area contributed by atoms with E-state index in [1.807, 2.05) is 31.2 Å². The maximum absolute atomic E-state index is 12.7. The fourth-order valence-corrected chi connectivity index (χ4v) is 3.25. The van der Waals surface area contributed by atoms with Gasteiger partial charge in [0.1, 0.15) is 11.3 Å². The third-order valence-electron chi connectivity index (χ3n) is 3.95. The van der Waals surface area contributed by atoms with Gasteiger partial charge in [0.25, 0.3) is 0 Å². The number of aromatic amines is 1. The Hall–Kier alpha value is -2.28. The summed E-state index contributed by atoms with van der Waals surface area (Å²) < 4.78 is 11.6. The van der Waals surface area contributed by atoms with Crippen molar-refractivity contribution < 1.29 is 19.1 Å². The van der Waals surface area contributed by atoms with Crippen LogP contribution >= 0.6 is 15.9 Å². The molecule has 0 fully saturated rings. The van der Waals surface area contributed by atoms with Crippen molar-refractivity contribution in [2.24, 2.45) is 0 Å². The number of ether oxygens (including phenoxy) is 2. The predicted octanol–water partition coefficient (Wildman–Crippen LogP) is 5.08. The number of para-hydroxylation sites is 1. The van der Waals surface area contributed by atoms with Crippen molar-refractivity contribution >= 4 is 33.6 Å². The monoisotopic (exact) mass is 450 g/mol. The van der Waals surface area contributed by atoms with Crippen LogP contribution in [0, 0.1) is 0 Å². The highest BCUT2D eigenvalue weighted by Crippen LogP contribution is 2.26. The fraction of sp³-hybridized carbons (Fsp3) is 0.429. The van der Waals surface area contributed by atoms with Gasteiger partial charge in [-0.25, -0.2) is 9.59 Å². The Morgan fingerprint density at radius 3 is 2.39 bits per heavy atom. The van der Waals surface area contributed by atoms with Gasteiger partial charge in [-0.3, -0.25) is 0 Å². The number of carbonyl (C=O) groups excluding carboxylic acids is 2. The van der Waals surface area contributed by atoms with Gasteiger partial charge in [0.15, 0.2) is 0 Å². The fourth-order valence-electron chi connectivity index (χ4n) is 2.82. The highest BCUT2D eigenvalue weighted by Gasteiger charge is 2.29. The number of nitrogens with one attached hydrogen (secondary N) is 2. The Balaban J connectivity index is 2.43. The lowest BCUT2D eigenvalue weighted by molar-refractivity contribution is 0.00622. The molecule has 0 bridgehead atoms. The summed E-state index contributed by atoms with van der Waals surface area (Å²) in [6, 6.07) is 7.68. The quantitative estimate of drug-likeness (QED) is 0.574. The first kappa shape index (κ1) is 22.0. The molecule has 2 rings (SSSR count). The van der Waals surface area contributed by atoms with Crippen LogP contribution in [-0.2, 0) is 22.4 Å². The Morgan fingerprint density at radius 2 is 1.82 bits per heavy atom. The summed E-state index contributed by atoms with van der Waals surface area (Å²) in [5, 5.41) is 3.28. The number of halogens is 1. The molecule has 6 nitrogen and oxygen atoms in total. The molecule has 0 spiro atoms. The van der Waals surface area contributed by atoms with Gasteiger partial charge >= 0.3 is 11.9 Å². The van der Waals surface area contributed by atoms with Crippen molar-refractivity contribution in [3.63, 3.8) is 0 Å².